The van der Waals surface area contributed by atoms with E-state index in [1.54, 1.807) is 0 Å². The third-order valence-electron chi connectivity index (χ3n) is 2.03. The van der Waals surface area contributed by atoms with Gasteiger partial charge in [-0.05, 0) is 13.3 Å². The number of rotatable bonds is 3. The monoisotopic (exact) mass is 257 g/mol. The van der Waals surface area contributed by atoms with Crippen molar-refractivity contribution >= 4 is 0 Å². The van der Waals surface area contributed by atoms with Crippen LogP contribution in [0.25, 0.3) is 0 Å². The molecule has 0 saturated carbocycles. The van der Waals surface area contributed by atoms with Gasteiger partial charge in [-0.3, -0.25) is 0 Å². The summed E-state index contributed by atoms with van der Waals surface area (Å²) < 4.78 is 1.09. The Morgan fingerprint density at radius 2 is 1.60 bits per heavy atom. The van der Waals surface area contributed by atoms with E-state index < -0.39 is 0 Å². The first-order valence-corrected chi connectivity index (χ1v) is 3.79. The highest BCUT2D eigenvalue weighted by atomic mass is 127. The summed E-state index contributed by atoms with van der Waals surface area (Å²) in [5.74, 6) is 0. The summed E-state index contributed by atoms with van der Waals surface area (Å²) >= 11 is 0. The minimum absolute atomic E-state index is 0. The molecular formula is C8H20IN. The van der Waals surface area contributed by atoms with Gasteiger partial charge in [0.2, 0.25) is 0 Å². The Morgan fingerprint density at radius 3 is 1.70 bits per heavy atom. The molecule has 0 heterocycles. The number of hydrogen-bond donors (Lipinski definition) is 0. The second-order valence-electron chi connectivity index (χ2n) is 3.75. The maximum atomic E-state index is 2.31. The Labute approximate surface area is 82.4 Å². The van der Waals surface area contributed by atoms with Gasteiger partial charge in [0.05, 0.1) is 27.2 Å². The highest BCUT2D eigenvalue weighted by Gasteiger charge is 2.15. The van der Waals surface area contributed by atoms with Gasteiger partial charge in [-0.25, -0.2) is 0 Å². The maximum Gasteiger partial charge on any atom is 0.0855 e. The molecule has 0 saturated heterocycles. The van der Waals surface area contributed by atoms with Crippen molar-refractivity contribution in [3.63, 3.8) is 0 Å². The van der Waals surface area contributed by atoms with Crippen molar-refractivity contribution in [2.24, 2.45) is 0 Å². The Hall–Kier alpha value is 0.690. The van der Waals surface area contributed by atoms with Crippen LogP contribution in [0.2, 0.25) is 0 Å². The van der Waals surface area contributed by atoms with Crippen LogP contribution < -0.4 is 24.0 Å². The van der Waals surface area contributed by atoms with Crippen LogP contribution in [0.3, 0.4) is 0 Å². The van der Waals surface area contributed by atoms with Crippen molar-refractivity contribution in [3.8, 4) is 0 Å². The lowest BCUT2D eigenvalue weighted by Gasteiger charge is -2.31. The fourth-order valence-electron chi connectivity index (χ4n) is 0.805. The van der Waals surface area contributed by atoms with Crippen LogP contribution in [0.5, 0.6) is 0 Å². The standard InChI is InChI=1S/C8H20N.HI/c1-6-7-8(2)9(3,4)5;/h8H,6-7H2,1-5H3;1H/q+1;/p-1. The summed E-state index contributed by atoms with van der Waals surface area (Å²) in [5, 5.41) is 0. The summed E-state index contributed by atoms with van der Waals surface area (Å²) in [6.45, 7) is 4.55. The molecule has 1 nitrogen and oxygen atoms in total. The van der Waals surface area contributed by atoms with Crippen molar-refractivity contribution in [2.75, 3.05) is 21.1 Å². The summed E-state index contributed by atoms with van der Waals surface area (Å²) in [7, 11) is 6.75. The van der Waals surface area contributed by atoms with Crippen molar-refractivity contribution in [1.29, 1.82) is 0 Å². The van der Waals surface area contributed by atoms with Crippen LogP contribution in [0, 0.1) is 0 Å². The molecule has 0 N–H and O–H groups in total. The minimum atomic E-state index is 0. The lowest BCUT2D eigenvalue weighted by Crippen LogP contribution is -3.00. The summed E-state index contributed by atoms with van der Waals surface area (Å²) in [4.78, 5) is 0. The predicted molar refractivity (Wildman–Crippen MR) is 42.4 cm³/mol. The van der Waals surface area contributed by atoms with E-state index in [2.05, 4.69) is 35.0 Å². The molecule has 0 radical (unpaired) electrons. The van der Waals surface area contributed by atoms with Crippen LogP contribution in [0.4, 0.5) is 0 Å². The van der Waals surface area contributed by atoms with E-state index in [1.165, 1.54) is 12.8 Å². The van der Waals surface area contributed by atoms with Crippen LogP contribution in [0.1, 0.15) is 26.7 Å². The van der Waals surface area contributed by atoms with Crippen molar-refractivity contribution in [3.05, 3.63) is 0 Å². The van der Waals surface area contributed by atoms with E-state index in [-0.39, 0.29) is 24.0 Å². The topological polar surface area (TPSA) is 0 Å². The van der Waals surface area contributed by atoms with Gasteiger partial charge in [-0.15, -0.1) is 0 Å². The van der Waals surface area contributed by atoms with Gasteiger partial charge >= 0.3 is 0 Å². The third kappa shape index (κ3) is 5.47. The number of hydrogen-bond acceptors (Lipinski definition) is 0. The molecule has 0 aromatic rings. The molecule has 0 aliphatic heterocycles. The first-order valence-electron chi connectivity index (χ1n) is 3.79. The molecule has 64 valence electrons. The van der Waals surface area contributed by atoms with Gasteiger partial charge in [0.1, 0.15) is 0 Å². The molecule has 0 amide bonds. The van der Waals surface area contributed by atoms with E-state index >= 15 is 0 Å². The highest BCUT2D eigenvalue weighted by molar-refractivity contribution is 4.46. The van der Waals surface area contributed by atoms with Crippen molar-refractivity contribution < 1.29 is 28.5 Å². The molecule has 0 spiro atoms. The number of nitrogens with zero attached hydrogens (tertiary/aromatic N) is 1. The summed E-state index contributed by atoms with van der Waals surface area (Å²) in [6.07, 6.45) is 2.64. The Bertz CT molecular complexity index is 75.8. The predicted octanol–water partition coefficient (Wildman–Crippen LogP) is -1.11. The number of halogens is 1. The summed E-state index contributed by atoms with van der Waals surface area (Å²) in [5.41, 5.74) is 0. The lowest BCUT2D eigenvalue weighted by molar-refractivity contribution is -0.894. The molecule has 0 aliphatic carbocycles. The van der Waals surface area contributed by atoms with Gasteiger partial charge < -0.3 is 28.5 Å². The molecule has 0 fully saturated rings. The molecular weight excluding hydrogens is 237 g/mol. The average molecular weight is 257 g/mol. The molecule has 1 unspecified atom stereocenters. The van der Waals surface area contributed by atoms with Crippen LogP contribution in [-0.4, -0.2) is 31.7 Å². The first kappa shape index (κ1) is 13.3. The van der Waals surface area contributed by atoms with E-state index in [0.29, 0.717) is 0 Å². The van der Waals surface area contributed by atoms with E-state index in [4.69, 9.17) is 0 Å². The van der Waals surface area contributed by atoms with E-state index in [1.807, 2.05) is 0 Å². The Balaban J connectivity index is 0. The zero-order chi connectivity index (χ0) is 7.49. The smallest absolute Gasteiger partial charge is 0.0855 e. The maximum absolute atomic E-state index is 2.31. The fraction of sp³-hybridized carbons (Fsp3) is 1.00. The molecule has 0 rings (SSSR count). The SMILES string of the molecule is CCCC(C)[N+](C)(C)C.[I-]. The largest absolute Gasteiger partial charge is 1.00 e. The lowest BCUT2D eigenvalue weighted by atomic mass is 10.1. The van der Waals surface area contributed by atoms with Gasteiger partial charge in [-0.2, -0.15) is 0 Å². The summed E-state index contributed by atoms with van der Waals surface area (Å²) in [6, 6.07) is 0.801. The van der Waals surface area contributed by atoms with Crippen molar-refractivity contribution in [2.45, 2.75) is 32.7 Å². The van der Waals surface area contributed by atoms with E-state index in [9.17, 15) is 0 Å². The molecule has 2 heteroatoms. The minimum Gasteiger partial charge on any atom is -1.00 e. The van der Waals surface area contributed by atoms with Gasteiger partial charge in [0, 0.05) is 0 Å². The zero-order valence-electron chi connectivity index (χ0n) is 7.82. The Kier molecular flexibility index (Phi) is 7.12. The quantitative estimate of drug-likeness (QED) is 0.444. The molecule has 0 aliphatic rings. The third-order valence-corrected chi connectivity index (χ3v) is 2.03. The molecule has 0 aromatic carbocycles. The molecule has 0 aromatic heterocycles. The highest BCUT2D eigenvalue weighted by Crippen LogP contribution is 2.07. The van der Waals surface area contributed by atoms with Gasteiger partial charge in [0.15, 0.2) is 0 Å². The fourth-order valence-corrected chi connectivity index (χ4v) is 0.805. The molecule has 1 atom stereocenters. The molecule has 0 bridgehead atoms. The second-order valence-corrected chi connectivity index (χ2v) is 3.75. The zero-order valence-corrected chi connectivity index (χ0v) is 9.97. The van der Waals surface area contributed by atoms with Crippen LogP contribution in [-0.2, 0) is 0 Å². The van der Waals surface area contributed by atoms with Gasteiger partial charge in [-0.1, -0.05) is 13.3 Å². The normalized spacial score (nSPS) is 14.1. The van der Waals surface area contributed by atoms with E-state index in [0.717, 1.165) is 10.5 Å². The first-order chi connectivity index (χ1) is 3.98. The molecule has 10 heavy (non-hydrogen) atoms. The van der Waals surface area contributed by atoms with Crippen molar-refractivity contribution in [1.82, 2.24) is 0 Å². The second kappa shape index (κ2) is 5.35. The van der Waals surface area contributed by atoms with Crippen LogP contribution in [0.15, 0.2) is 0 Å². The Morgan fingerprint density at radius 1 is 1.20 bits per heavy atom. The average Bonchev–Trinajstić information content (AvgIpc) is 1.64. The number of quaternary nitrogens is 1. The van der Waals surface area contributed by atoms with Crippen LogP contribution >= 0.6 is 0 Å². The van der Waals surface area contributed by atoms with Gasteiger partial charge in [0.25, 0.3) is 0 Å².